The number of hydrogen-bond acceptors (Lipinski definition) is 3. The van der Waals surface area contributed by atoms with Crippen LogP contribution in [0.3, 0.4) is 0 Å². The number of nitrogens with zero attached hydrogens (tertiary/aromatic N) is 1. The number of ether oxygens (including phenoxy) is 1. The molecule has 0 saturated heterocycles. The molecular weight excluding hydrogens is 277 g/mol. The quantitative estimate of drug-likeness (QED) is 0.929. The lowest BCUT2D eigenvalue weighted by Gasteiger charge is -2.06. The van der Waals surface area contributed by atoms with Crippen molar-refractivity contribution >= 4 is 29.2 Å². The van der Waals surface area contributed by atoms with Crippen LogP contribution in [0.25, 0.3) is 0 Å². The van der Waals surface area contributed by atoms with E-state index in [1.54, 1.807) is 18.2 Å². The van der Waals surface area contributed by atoms with Gasteiger partial charge in [0.2, 0.25) is 5.88 Å². The van der Waals surface area contributed by atoms with Crippen LogP contribution in [0.15, 0.2) is 36.5 Å². The summed E-state index contributed by atoms with van der Waals surface area (Å²) in [5.74, 6) is -0.446. The second-order valence-electron chi connectivity index (χ2n) is 3.37. The second kappa shape index (κ2) is 5.25. The fourth-order valence-electron chi connectivity index (χ4n) is 1.24. The van der Waals surface area contributed by atoms with Crippen LogP contribution in [0.2, 0.25) is 10.0 Å². The smallest absolute Gasteiger partial charge is 0.337 e. The average molecular weight is 284 g/mol. The third kappa shape index (κ3) is 2.91. The predicted octanol–water partition coefficient (Wildman–Crippen LogP) is 3.88. The van der Waals surface area contributed by atoms with Crippen molar-refractivity contribution in [1.29, 1.82) is 0 Å². The predicted molar refractivity (Wildman–Crippen MR) is 67.7 cm³/mol. The zero-order valence-corrected chi connectivity index (χ0v) is 10.4. The first-order valence-corrected chi connectivity index (χ1v) is 5.64. The van der Waals surface area contributed by atoms with Crippen molar-refractivity contribution in [2.45, 2.75) is 0 Å². The summed E-state index contributed by atoms with van der Waals surface area (Å²) in [6, 6.07) is 7.63. The Balaban J connectivity index is 2.23. The van der Waals surface area contributed by atoms with Crippen molar-refractivity contribution in [3.63, 3.8) is 0 Å². The monoisotopic (exact) mass is 283 g/mol. The molecule has 1 aromatic carbocycles. The van der Waals surface area contributed by atoms with Gasteiger partial charge in [0.1, 0.15) is 5.75 Å². The number of aromatic nitrogens is 1. The zero-order chi connectivity index (χ0) is 13.1. The van der Waals surface area contributed by atoms with Crippen LogP contribution in [0.4, 0.5) is 0 Å². The molecule has 0 amide bonds. The van der Waals surface area contributed by atoms with E-state index in [0.29, 0.717) is 15.8 Å². The number of pyridine rings is 1. The summed E-state index contributed by atoms with van der Waals surface area (Å²) in [6.45, 7) is 0. The number of carboxylic acids is 1. The molecule has 0 saturated carbocycles. The summed E-state index contributed by atoms with van der Waals surface area (Å²) in [5.41, 5.74) is 0.0829. The lowest BCUT2D eigenvalue weighted by molar-refractivity contribution is 0.0696. The van der Waals surface area contributed by atoms with E-state index in [2.05, 4.69) is 4.98 Å². The fraction of sp³-hybridized carbons (Fsp3) is 0. The molecule has 1 N–H and O–H groups in total. The van der Waals surface area contributed by atoms with E-state index in [1.807, 2.05) is 0 Å². The summed E-state index contributed by atoms with van der Waals surface area (Å²) in [4.78, 5) is 14.5. The third-order valence-corrected chi connectivity index (χ3v) is 2.64. The average Bonchev–Trinajstić information content (AvgIpc) is 2.34. The summed E-state index contributed by atoms with van der Waals surface area (Å²) < 4.78 is 5.40. The number of halogens is 2. The van der Waals surface area contributed by atoms with Gasteiger partial charge in [-0.3, -0.25) is 0 Å². The largest absolute Gasteiger partial charge is 0.478 e. The Kier molecular flexibility index (Phi) is 3.69. The number of rotatable bonds is 3. The number of hydrogen-bond donors (Lipinski definition) is 1. The van der Waals surface area contributed by atoms with Gasteiger partial charge in [-0.15, -0.1) is 0 Å². The van der Waals surface area contributed by atoms with Gasteiger partial charge in [-0.2, -0.15) is 0 Å². The van der Waals surface area contributed by atoms with Gasteiger partial charge in [-0.1, -0.05) is 23.2 Å². The summed E-state index contributed by atoms with van der Waals surface area (Å²) in [5, 5.41) is 9.60. The first-order valence-electron chi connectivity index (χ1n) is 4.88. The van der Waals surface area contributed by atoms with E-state index in [0.717, 1.165) is 0 Å². The minimum atomic E-state index is -1.05. The topological polar surface area (TPSA) is 59.4 Å². The maximum Gasteiger partial charge on any atom is 0.337 e. The molecule has 0 aliphatic carbocycles. The summed E-state index contributed by atoms with van der Waals surface area (Å²) >= 11 is 11.7. The van der Waals surface area contributed by atoms with Crippen molar-refractivity contribution in [1.82, 2.24) is 4.98 Å². The molecule has 0 spiro atoms. The highest BCUT2D eigenvalue weighted by atomic mass is 35.5. The number of carbonyl (C=O) groups is 1. The van der Waals surface area contributed by atoms with Crippen LogP contribution >= 0.6 is 23.2 Å². The molecule has 6 heteroatoms. The van der Waals surface area contributed by atoms with Gasteiger partial charge in [0.05, 0.1) is 10.6 Å². The van der Waals surface area contributed by atoms with Gasteiger partial charge >= 0.3 is 5.97 Å². The van der Waals surface area contributed by atoms with E-state index in [4.69, 9.17) is 33.0 Å². The lowest BCUT2D eigenvalue weighted by atomic mass is 10.3. The van der Waals surface area contributed by atoms with Crippen molar-refractivity contribution < 1.29 is 14.6 Å². The molecule has 1 aromatic heterocycles. The molecule has 4 nitrogen and oxygen atoms in total. The molecule has 0 unspecified atom stereocenters. The zero-order valence-electron chi connectivity index (χ0n) is 8.93. The van der Waals surface area contributed by atoms with Crippen LogP contribution in [-0.2, 0) is 0 Å². The molecule has 0 aliphatic rings. The molecule has 92 valence electrons. The van der Waals surface area contributed by atoms with Crippen LogP contribution in [0.1, 0.15) is 10.4 Å². The first kappa shape index (κ1) is 12.7. The molecule has 0 radical (unpaired) electrons. The Morgan fingerprint density at radius 2 is 2.00 bits per heavy atom. The SMILES string of the molecule is O=C(O)c1ccc(Oc2cc(Cl)ccc2Cl)nc1. The van der Waals surface area contributed by atoms with Gasteiger partial charge in [0.25, 0.3) is 0 Å². The molecule has 2 rings (SSSR count). The van der Waals surface area contributed by atoms with E-state index >= 15 is 0 Å². The standard InChI is InChI=1S/C12H7Cl2NO3/c13-8-2-3-9(14)10(5-8)18-11-4-1-7(6-15-11)12(16)17/h1-6H,(H,16,17). The van der Waals surface area contributed by atoms with Gasteiger partial charge < -0.3 is 9.84 Å². The van der Waals surface area contributed by atoms with Crippen LogP contribution in [0.5, 0.6) is 11.6 Å². The van der Waals surface area contributed by atoms with Crippen molar-refractivity contribution in [3.05, 3.63) is 52.1 Å². The van der Waals surface area contributed by atoms with Crippen LogP contribution in [0, 0.1) is 0 Å². The van der Waals surface area contributed by atoms with Crippen molar-refractivity contribution in [2.75, 3.05) is 0 Å². The highest BCUT2D eigenvalue weighted by Crippen LogP contribution is 2.30. The summed E-state index contributed by atoms with van der Waals surface area (Å²) in [6.07, 6.45) is 1.20. The second-order valence-corrected chi connectivity index (χ2v) is 4.21. The first-order chi connectivity index (χ1) is 8.56. The van der Waals surface area contributed by atoms with Crippen molar-refractivity contribution in [2.24, 2.45) is 0 Å². The Labute approximate surface area is 113 Å². The van der Waals surface area contributed by atoms with Crippen LogP contribution < -0.4 is 4.74 Å². The van der Waals surface area contributed by atoms with Gasteiger partial charge in [-0.05, 0) is 18.2 Å². The normalized spacial score (nSPS) is 10.1. The lowest BCUT2D eigenvalue weighted by Crippen LogP contribution is -1.97. The number of carboxylic acid groups (broad SMARTS) is 1. The van der Waals surface area contributed by atoms with Gasteiger partial charge in [-0.25, -0.2) is 9.78 Å². The Morgan fingerprint density at radius 1 is 1.22 bits per heavy atom. The van der Waals surface area contributed by atoms with E-state index in [9.17, 15) is 4.79 Å². The minimum absolute atomic E-state index is 0.0829. The Hall–Kier alpha value is -1.78. The maximum absolute atomic E-state index is 10.6. The highest BCUT2D eigenvalue weighted by molar-refractivity contribution is 6.34. The molecule has 2 aromatic rings. The Morgan fingerprint density at radius 3 is 2.61 bits per heavy atom. The van der Waals surface area contributed by atoms with Crippen molar-refractivity contribution in [3.8, 4) is 11.6 Å². The fourth-order valence-corrected chi connectivity index (χ4v) is 1.55. The summed E-state index contributed by atoms with van der Waals surface area (Å²) in [7, 11) is 0. The van der Waals surface area contributed by atoms with E-state index in [-0.39, 0.29) is 11.4 Å². The van der Waals surface area contributed by atoms with Gasteiger partial charge in [0, 0.05) is 23.4 Å². The molecule has 0 aliphatic heterocycles. The van der Waals surface area contributed by atoms with E-state index in [1.165, 1.54) is 18.3 Å². The molecule has 1 heterocycles. The van der Waals surface area contributed by atoms with Gasteiger partial charge in [0.15, 0.2) is 0 Å². The van der Waals surface area contributed by atoms with Crippen LogP contribution in [-0.4, -0.2) is 16.1 Å². The maximum atomic E-state index is 10.6. The molecule has 0 fully saturated rings. The van der Waals surface area contributed by atoms with E-state index < -0.39 is 5.97 Å². The molecule has 0 atom stereocenters. The highest BCUT2D eigenvalue weighted by Gasteiger charge is 2.07. The molecular formula is C12H7Cl2NO3. The molecule has 0 bridgehead atoms. The number of benzene rings is 1. The third-order valence-electron chi connectivity index (χ3n) is 2.09. The minimum Gasteiger partial charge on any atom is -0.478 e. The number of aromatic carboxylic acids is 1. The molecule has 18 heavy (non-hydrogen) atoms. The Bertz CT molecular complexity index is 584.